The number of halogens is 2. The molecule has 0 radical (unpaired) electrons. The molecule has 0 spiro atoms. The first-order chi connectivity index (χ1) is 12.0. The third kappa shape index (κ3) is 4.11. The van der Waals surface area contributed by atoms with Crippen LogP contribution in [0, 0.1) is 0 Å². The van der Waals surface area contributed by atoms with Gasteiger partial charge in [-0.05, 0) is 36.2 Å². The summed E-state index contributed by atoms with van der Waals surface area (Å²) in [5.41, 5.74) is 7.93. The van der Waals surface area contributed by atoms with Crippen LogP contribution in [0.4, 0.5) is 5.69 Å². The van der Waals surface area contributed by atoms with Crippen LogP contribution >= 0.6 is 23.2 Å². The second kappa shape index (κ2) is 7.42. The molecule has 5 nitrogen and oxygen atoms in total. The highest BCUT2D eigenvalue weighted by Gasteiger charge is 2.38. The molecule has 0 heterocycles. The Morgan fingerprint density at radius 1 is 1.08 bits per heavy atom. The lowest BCUT2D eigenvalue weighted by molar-refractivity contribution is 0.355. The molecule has 1 aliphatic rings. The van der Waals surface area contributed by atoms with Crippen molar-refractivity contribution in [3.05, 3.63) is 52.0 Å². The molecule has 0 amide bonds. The van der Waals surface area contributed by atoms with Gasteiger partial charge in [-0.2, -0.15) is 0 Å². The molecule has 0 bridgehead atoms. The maximum absolute atomic E-state index is 6.07. The summed E-state index contributed by atoms with van der Waals surface area (Å²) >= 11 is 12.0. The number of benzene rings is 2. The van der Waals surface area contributed by atoms with Crippen LogP contribution in [-0.2, 0) is 0 Å². The van der Waals surface area contributed by atoms with Gasteiger partial charge in [0.25, 0.3) is 0 Å². The number of aliphatic imine (C=N–C) groups is 1. The topological polar surface area (TPSA) is 68.9 Å². The molecule has 1 aliphatic carbocycles. The average molecular weight is 380 g/mol. The van der Waals surface area contributed by atoms with E-state index in [4.69, 9.17) is 38.4 Å². The molecular weight excluding hydrogens is 361 g/mol. The van der Waals surface area contributed by atoms with Gasteiger partial charge in [-0.25, -0.2) is 4.99 Å². The number of anilines is 1. The Morgan fingerprint density at radius 2 is 1.84 bits per heavy atom. The van der Waals surface area contributed by atoms with Crippen molar-refractivity contribution in [2.75, 3.05) is 19.5 Å². The van der Waals surface area contributed by atoms with Gasteiger partial charge in [-0.15, -0.1) is 0 Å². The van der Waals surface area contributed by atoms with Crippen LogP contribution in [-0.4, -0.2) is 26.2 Å². The van der Waals surface area contributed by atoms with Crippen molar-refractivity contribution in [3.63, 3.8) is 0 Å². The van der Waals surface area contributed by atoms with E-state index in [1.165, 1.54) is 0 Å². The van der Waals surface area contributed by atoms with E-state index in [9.17, 15) is 0 Å². The molecule has 2 atom stereocenters. The highest BCUT2D eigenvalue weighted by atomic mass is 35.5. The maximum Gasteiger partial charge on any atom is 0.193 e. The minimum absolute atomic E-state index is 0.143. The lowest BCUT2D eigenvalue weighted by Gasteiger charge is -2.11. The Bertz CT molecular complexity index is 811. The molecule has 7 heteroatoms. The van der Waals surface area contributed by atoms with Crippen LogP contribution in [0.25, 0.3) is 0 Å². The Labute approximate surface area is 156 Å². The Kier molecular flexibility index (Phi) is 5.25. The molecule has 0 saturated heterocycles. The predicted molar refractivity (Wildman–Crippen MR) is 102 cm³/mol. The van der Waals surface area contributed by atoms with Crippen molar-refractivity contribution >= 4 is 34.8 Å². The smallest absolute Gasteiger partial charge is 0.193 e. The van der Waals surface area contributed by atoms with Crippen LogP contribution in [0.3, 0.4) is 0 Å². The van der Waals surface area contributed by atoms with Crippen molar-refractivity contribution in [1.29, 1.82) is 0 Å². The van der Waals surface area contributed by atoms with Crippen LogP contribution in [0.1, 0.15) is 17.9 Å². The summed E-state index contributed by atoms with van der Waals surface area (Å²) in [5, 5.41) is 4.19. The molecular formula is C18H19Cl2N3O2. The normalized spacial score (nSPS) is 19.4. The molecule has 1 saturated carbocycles. The molecule has 3 rings (SSSR count). The van der Waals surface area contributed by atoms with Crippen LogP contribution in [0.15, 0.2) is 41.4 Å². The van der Waals surface area contributed by atoms with Gasteiger partial charge in [0.05, 0.1) is 30.3 Å². The second-order valence-corrected chi connectivity index (χ2v) is 6.61. The number of rotatable bonds is 5. The third-order valence-corrected chi connectivity index (χ3v) is 4.83. The SMILES string of the molecule is COc1ccc(NC(N)=N[C@@H]2C[C@H]2c2ccc(Cl)c(Cl)c2)cc1OC. The molecule has 0 aliphatic heterocycles. The Balaban J connectivity index is 1.66. The van der Waals surface area contributed by atoms with E-state index in [1.807, 2.05) is 36.4 Å². The van der Waals surface area contributed by atoms with E-state index in [0.29, 0.717) is 33.4 Å². The van der Waals surface area contributed by atoms with Crippen molar-refractivity contribution in [3.8, 4) is 11.5 Å². The summed E-state index contributed by atoms with van der Waals surface area (Å²) in [7, 11) is 3.18. The van der Waals surface area contributed by atoms with Gasteiger partial charge < -0.3 is 20.5 Å². The summed E-state index contributed by atoms with van der Waals surface area (Å²) in [6, 6.07) is 11.3. The van der Waals surface area contributed by atoms with E-state index in [1.54, 1.807) is 14.2 Å². The van der Waals surface area contributed by atoms with Crippen molar-refractivity contribution in [2.24, 2.45) is 10.7 Å². The van der Waals surface area contributed by atoms with Gasteiger partial charge >= 0.3 is 0 Å². The third-order valence-electron chi connectivity index (χ3n) is 4.09. The summed E-state index contributed by atoms with van der Waals surface area (Å²) < 4.78 is 10.5. The first-order valence-electron chi connectivity index (χ1n) is 7.79. The fourth-order valence-electron chi connectivity index (χ4n) is 2.70. The second-order valence-electron chi connectivity index (χ2n) is 5.79. The number of nitrogens with zero attached hydrogens (tertiary/aromatic N) is 1. The first kappa shape index (κ1) is 17.7. The van der Waals surface area contributed by atoms with Crippen molar-refractivity contribution < 1.29 is 9.47 Å². The van der Waals surface area contributed by atoms with Crippen LogP contribution in [0.2, 0.25) is 10.0 Å². The Hall–Kier alpha value is -2.11. The van der Waals surface area contributed by atoms with Crippen LogP contribution < -0.4 is 20.5 Å². The largest absolute Gasteiger partial charge is 0.493 e. The predicted octanol–water partition coefficient (Wildman–Crippen LogP) is 4.29. The number of hydrogen-bond donors (Lipinski definition) is 2. The zero-order valence-corrected chi connectivity index (χ0v) is 15.4. The molecule has 3 N–H and O–H groups in total. The van der Waals surface area contributed by atoms with Gasteiger partial charge in [0, 0.05) is 17.7 Å². The number of guanidine groups is 1. The van der Waals surface area contributed by atoms with E-state index < -0.39 is 0 Å². The van der Waals surface area contributed by atoms with E-state index in [0.717, 1.165) is 17.7 Å². The zero-order valence-electron chi connectivity index (χ0n) is 13.9. The molecule has 0 unspecified atom stereocenters. The molecule has 25 heavy (non-hydrogen) atoms. The van der Waals surface area contributed by atoms with Gasteiger partial charge in [0.1, 0.15) is 0 Å². The Morgan fingerprint density at radius 3 is 2.52 bits per heavy atom. The lowest BCUT2D eigenvalue weighted by Crippen LogP contribution is -2.23. The average Bonchev–Trinajstić information content (AvgIpc) is 3.36. The first-order valence-corrected chi connectivity index (χ1v) is 8.54. The van der Waals surface area contributed by atoms with E-state index in [-0.39, 0.29) is 6.04 Å². The van der Waals surface area contributed by atoms with Gasteiger partial charge in [0.15, 0.2) is 17.5 Å². The maximum atomic E-state index is 6.07. The standard InChI is InChI=1S/C18H19Cl2N3O2/c1-24-16-6-4-11(8-17(16)25-2)22-18(21)23-15-9-12(15)10-3-5-13(19)14(20)7-10/h3-8,12,15H,9H2,1-2H3,(H3,21,22,23)/t12-,15+/m0/s1. The highest BCUT2D eigenvalue weighted by molar-refractivity contribution is 6.42. The summed E-state index contributed by atoms with van der Waals surface area (Å²) in [6.45, 7) is 0. The van der Waals surface area contributed by atoms with Gasteiger partial charge in [-0.1, -0.05) is 29.3 Å². The van der Waals surface area contributed by atoms with Crippen molar-refractivity contribution in [1.82, 2.24) is 0 Å². The van der Waals surface area contributed by atoms with Crippen LogP contribution in [0.5, 0.6) is 11.5 Å². The number of nitrogens with two attached hydrogens (primary N) is 1. The van der Waals surface area contributed by atoms with Gasteiger partial charge in [0.2, 0.25) is 0 Å². The number of methoxy groups -OCH3 is 2. The number of nitrogens with one attached hydrogen (secondary N) is 1. The molecule has 132 valence electrons. The number of hydrogen-bond acceptors (Lipinski definition) is 3. The number of ether oxygens (including phenoxy) is 2. The summed E-state index contributed by atoms with van der Waals surface area (Å²) in [6.07, 6.45) is 0.937. The van der Waals surface area contributed by atoms with Gasteiger partial charge in [-0.3, -0.25) is 0 Å². The van der Waals surface area contributed by atoms with E-state index >= 15 is 0 Å². The highest BCUT2D eigenvalue weighted by Crippen LogP contribution is 2.44. The fraction of sp³-hybridized carbons (Fsp3) is 0.278. The monoisotopic (exact) mass is 379 g/mol. The molecule has 2 aromatic rings. The summed E-state index contributed by atoms with van der Waals surface area (Å²) in [4.78, 5) is 4.53. The molecule has 2 aromatic carbocycles. The summed E-state index contributed by atoms with van der Waals surface area (Å²) in [5.74, 6) is 1.96. The molecule has 1 fully saturated rings. The minimum Gasteiger partial charge on any atom is -0.493 e. The lowest BCUT2D eigenvalue weighted by atomic mass is 10.1. The van der Waals surface area contributed by atoms with Crippen molar-refractivity contribution in [2.45, 2.75) is 18.4 Å². The minimum atomic E-state index is 0.143. The fourth-order valence-corrected chi connectivity index (χ4v) is 3.00. The van der Waals surface area contributed by atoms with E-state index in [2.05, 4.69) is 10.3 Å². The molecule has 0 aromatic heterocycles. The quantitative estimate of drug-likeness (QED) is 0.600. The zero-order chi connectivity index (χ0) is 18.0.